The van der Waals surface area contributed by atoms with Crippen LogP contribution >= 0.6 is 0 Å². The zero-order chi connectivity index (χ0) is 12.8. The van der Waals surface area contributed by atoms with Gasteiger partial charge in [0.15, 0.2) is 0 Å². The van der Waals surface area contributed by atoms with E-state index in [0.717, 1.165) is 19.6 Å². The minimum absolute atomic E-state index is 0.346. The molecule has 2 rings (SSSR count). The summed E-state index contributed by atoms with van der Waals surface area (Å²) in [5, 5.41) is 17.2. The van der Waals surface area contributed by atoms with Gasteiger partial charge in [-0.15, -0.1) is 0 Å². The quantitative estimate of drug-likeness (QED) is 0.810. The molecule has 2 atom stereocenters. The van der Waals surface area contributed by atoms with Crippen molar-refractivity contribution >= 4 is 0 Å². The lowest BCUT2D eigenvalue weighted by atomic mass is 9.79. The molecule has 4 nitrogen and oxygen atoms in total. The van der Waals surface area contributed by atoms with Crippen molar-refractivity contribution in [3.8, 4) is 0 Å². The highest BCUT2D eigenvalue weighted by Gasteiger charge is 2.23. The molecule has 0 aliphatic heterocycles. The van der Waals surface area contributed by atoms with Crippen molar-refractivity contribution in [3.63, 3.8) is 0 Å². The molecule has 1 aliphatic carbocycles. The average Bonchev–Trinajstić information content (AvgIpc) is 2.87. The molecule has 2 unspecified atom stereocenters. The third-order valence-corrected chi connectivity index (χ3v) is 4.12. The second kappa shape index (κ2) is 6.90. The molecule has 1 aromatic heterocycles. The van der Waals surface area contributed by atoms with Gasteiger partial charge in [-0.3, -0.25) is 4.68 Å². The summed E-state index contributed by atoms with van der Waals surface area (Å²) in [5.41, 5.74) is 1.24. The average molecular weight is 251 g/mol. The number of aryl methyl sites for hydroxylation is 1. The van der Waals surface area contributed by atoms with Gasteiger partial charge in [-0.2, -0.15) is 5.10 Å². The van der Waals surface area contributed by atoms with Crippen LogP contribution in [0.15, 0.2) is 12.3 Å². The molecule has 1 heterocycles. The van der Waals surface area contributed by atoms with Crippen LogP contribution in [0.4, 0.5) is 0 Å². The molecule has 0 radical (unpaired) electrons. The number of nitrogens with zero attached hydrogens (tertiary/aromatic N) is 2. The Morgan fingerprint density at radius 1 is 1.39 bits per heavy atom. The second-order valence-electron chi connectivity index (χ2n) is 5.26. The van der Waals surface area contributed by atoms with Gasteiger partial charge in [-0.05, 0) is 44.2 Å². The number of hydrogen-bond donors (Lipinski definition) is 2. The highest BCUT2D eigenvalue weighted by Crippen LogP contribution is 2.29. The maximum Gasteiger partial charge on any atom is 0.0521 e. The van der Waals surface area contributed by atoms with Crippen molar-refractivity contribution in [3.05, 3.63) is 18.0 Å². The molecule has 1 aliphatic rings. The van der Waals surface area contributed by atoms with Gasteiger partial charge >= 0.3 is 0 Å². The van der Waals surface area contributed by atoms with Crippen molar-refractivity contribution in [2.45, 2.75) is 45.7 Å². The Labute approximate surface area is 109 Å². The van der Waals surface area contributed by atoms with E-state index >= 15 is 0 Å². The first-order valence-electron chi connectivity index (χ1n) is 7.17. The first-order valence-corrected chi connectivity index (χ1v) is 7.17. The van der Waals surface area contributed by atoms with E-state index in [4.69, 9.17) is 0 Å². The van der Waals surface area contributed by atoms with Gasteiger partial charge in [0.25, 0.3) is 0 Å². The normalized spacial score (nSPS) is 24.3. The Bertz CT molecular complexity index is 351. The molecule has 0 amide bonds. The third kappa shape index (κ3) is 3.33. The maximum atomic E-state index is 9.39. The van der Waals surface area contributed by atoms with Crippen LogP contribution in [0.5, 0.6) is 0 Å². The summed E-state index contributed by atoms with van der Waals surface area (Å²) in [6.07, 6.45) is 6.90. The van der Waals surface area contributed by atoms with E-state index in [2.05, 4.69) is 23.4 Å². The monoisotopic (exact) mass is 251 g/mol. The Kier molecular flexibility index (Phi) is 5.20. The molecule has 0 spiro atoms. The topological polar surface area (TPSA) is 50.1 Å². The van der Waals surface area contributed by atoms with E-state index < -0.39 is 0 Å². The lowest BCUT2D eigenvalue weighted by Gasteiger charge is -2.30. The largest absolute Gasteiger partial charge is 0.396 e. The summed E-state index contributed by atoms with van der Waals surface area (Å²) >= 11 is 0. The number of rotatable bonds is 6. The fourth-order valence-electron chi connectivity index (χ4n) is 2.97. The summed E-state index contributed by atoms with van der Waals surface area (Å²) in [6.45, 7) is 5.27. The third-order valence-electron chi connectivity index (χ3n) is 4.12. The summed E-state index contributed by atoms with van der Waals surface area (Å²) in [4.78, 5) is 0. The predicted octanol–water partition coefficient (Wildman–Crippen LogP) is 1.79. The van der Waals surface area contributed by atoms with Crippen LogP contribution in [0, 0.1) is 11.8 Å². The fourth-order valence-corrected chi connectivity index (χ4v) is 2.97. The number of aliphatic hydroxyl groups is 1. The van der Waals surface area contributed by atoms with Crippen LogP contribution < -0.4 is 5.32 Å². The van der Waals surface area contributed by atoms with Gasteiger partial charge in [0.05, 0.1) is 5.69 Å². The van der Waals surface area contributed by atoms with Gasteiger partial charge in [-0.25, -0.2) is 0 Å². The van der Waals surface area contributed by atoms with Crippen LogP contribution in [-0.4, -0.2) is 28.0 Å². The van der Waals surface area contributed by atoms with E-state index in [9.17, 15) is 5.11 Å². The lowest BCUT2D eigenvalue weighted by Crippen LogP contribution is -2.32. The highest BCUT2D eigenvalue weighted by molar-refractivity contribution is 4.99. The number of aromatic nitrogens is 2. The Hall–Kier alpha value is -0.870. The Balaban J connectivity index is 1.77. The molecule has 4 heteroatoms. The summed E-state index contributed by atoms with van der Waals surface area (Å²) in [5.74, 6) is 1.14. The first-order chi connectivity index (χ1) is 8.85. The van der Waals surface area contributed by atoms with Crippen LogP contribution in [0.1, 0.15) is 38.3 Å². The SMILES string of the molecule is CCn1nccc1CNCC1CCCCC1CO. The van der Waals surface area contributed by atoms with E-state index in [1.807, 2.05) is 10.9 Å². The zero-order valence-corrected chi connectivity index (χ0v) is 11.3. The lowest BCUT2D eigenvalue weighted by molar-refractivity contribution is 0.133. The summed E-state index contributed by atoms with van der Waals surface area (Å²) < 4.78 is 2.03. The molecular formula is C14H25N3O. The maximum absolute atomic E-state index is 9.39. The molecule has 0 saturated heterocycles. The summed E-state index contributed by atoms with van der Waals surface area (Å²) in [6, 6.07) is 2.07. The highest BCUT2D eigenvalue weighted by atomic mass is 16.3. The first kappa shape index (κ1) is 13.6. The fraction of sp³-hybridized carbons (Fsp3) is 0.786. The van der Waals surface area contributed by atoms with E-state index in [0.29, 0.717) is 18.4 Å². The van der Waals surface area contributed by atoms with E-state index in [1.54, 1.807) is 0 Å². The van der Waals surface area contributed by atoms with Gasteiger partial charge in [0, 0.05) is 25.9 Å². The minimum atomic E-state index is 0.346. The molecule has 0 aromatic carbocycles. The molecule has 2 N–H and O–H groups in total. The van der Waals surface area contributed by atoms with Crippen LogP contribution in [-0.2, 0) is 13.1 Å². The standard InChI is InChI=1S/C14H25N3O/c1-2-17-14(7-8-16-17)10-15-9-12-5-3-4-6-13(12)11-18/h7-8,12-13,15,18H,2-6,9-11H2,1H3. The molecule has 1 fully saturated rings. The zero-order valence-electron chi connectivity index (χ0n) is 11.3. The Morgan fingerprint density at radius 3 is 2.89 bits per heavy atom. The van der Waals surface area contributed by atoms with E-state index in [1.165, 1.54) is 31.4 Å². The Morgan fingerprint density at radius 2 is 2.17 bits per heavy atom. The van der Waals surface area contributed by atoms with Crippen molar-refractivity contribution in [1.82, 2.24) is 15.1 Å². The molecular weight excluding hydrogens is 226 g/mol. The number of hydrogen-bond acceptors (Lipinski definition) is 3. The van der Waals surface area contributed by atoms with Gasteiger partial charge in [-0.1, -0.05) is 12.8 Å². The van der Waals surface area contributed by atoms with E-state index in [-0.39, 0.29) is 0 Å². The van der Waals surface area contributed by atoms with Crippen molar-refractivity contribution in [1.29, 1.82) is 0 Å². The van der Waals surface area contributed by atoms with Crippen LogP contribution in [0.3, 0.4) is 0 Å². The number of nitrogens with one attached hydrogen (secondary N) is 1. The van der Waals surface area contributed by atoms with Crippen molar-refractivity contribution in [2.24, 2.45) is 11.8 Å². The molecule has 102 valence electrons. The van der Waals surface area contributed by atoms with Crippen LogP contribution in [0.25, 0.3) is 0 Å². The smallest absolute Gasteiger partial charge is 0.0521 e. The second-order valence-corrected chi connectivity index (χ2v) is 5.26. The van der Waals surface area contributed by atoms with Crippen LogP contribution in [0.2, 0.25) is 0 Å². The van der Waals surface area contributed by atoms with Gasteiger partial charge in [0.1, 0.15) is 0 Å². The molecule has 18 heavy (non-hydrogen) atoms. The summed E-state index contributed by atoms with van der Waals surface area (Å²) in [7, 11) is 0. The predicted molar refractivity (Wildman–Crippen MR) is 72.1 cm³/mol. The minimum Gasteiger partial charge on any atom is -0.396 e. The van der Waals surface area contributed by atoms with Crippen molar-refractivity contribution < 1.29 is 5.11 Å². The molecule has 0 bridgehead atoms. The number of aliphatic hydroxyl groups excluding tert-OH is 1. The van der Waals surface area contributed by atoms with Gasteiger partial charge < -0.3 is 10.4 Å². The van der Waals surface area contributed by atoms with Gasteiger partial charge in [0.2, 0.25) is 0 Å². The molecule has 1 aromatic rings. The van der Waals surface area contributed by atoms with Crippen molar-refractivity contribution in [2.75, 3.05) is 13.2 Å². The molecule has 1 saturated carbocycles.